The predicted octanol–water partition coefficient (Wildman–Crippen LogP) is 3.57. The van der Waals surface area contributed by atoms with Gasteiger partial charge in [-0.25, -0.2) is 4.79 Å². The van der Waals surface area contributed by atoms with Crippen LogP contribution in [0, 0.1) is 10.1 Å². The average Bonchev–Trinajstić information content (AvgIpc) is 2.80. The number of para-hydroxylation sites is 1. The molecule has 0 aliphatic rings. The quantitative estimate of drug-likeness (QED) is 0.513. The lowest BCUT2D eigenvalue weighted by Gasteiger charge is -2.00. The summed E-state index contributed by atoms with van der Waals surface area (Å²) in [5.74, 6) is -0.485. The van der Waals surface area contributed by atoms with Gasteiger partial charge in [0.05, 0.1) is 26.2 Å². The number of carbonyl (C=O) groups excluding carboxylic acids is 1. The smallest absolute Gasteiger partial charge is 0.341 e. The Morgan fingerprint density at radius 1 is 1.48 bits per heavy atom. The summed E-state index contributed by atoms with van der Waals surface area (Å²) in [6.07, 6.45) is 0. The minimum atomic E-state index is -0.485. The van der Waals surface area contributed by atoms with Crippen LogP contribution >= 0.6 is 23.1 Å². The number of esters is 1. The second-order valence-corrected chi connectivity index (χ2v) is 6.32. The minimum Gasteiger partial charge on any atom is -0.462 e. The van der Waals surface area contributed by atoms with Crippen LogP contribution in [0.5, 0.6) is 0 Å². The Morgan fingerprint density at radius 2 is 2.19 bits per heavy atom. The number of carbonyl (C=O) groups is 1. The topological polar surface area (TPSA) is 95.5 Å². The van der Waals surface area contributed by atoms with Gasteiger partial charge < -0.3 is 10.5 Å². The molecule has 0 radical (unpaired) electrons. The van der Waals surface area contributed by atoms with Crippen molar-refractivity contribution in [2.75, 3.05) is 12.3 Å². The molecule has 2 N–H and O–H groups in total. The molecule has 2 aromatic rings. The molecular formula is C13H12N2O4S2. The van der Waals surface area contributed by atoms with Crippen molar-refractivity contribution in [1.29, 1.82) is 0 Å². The van der Waals surface area contributed by atoms with Crippen LogP contribution in [-0.2, 0) is 4.74 Å². The summed E-state index contributed by atoms with van der Waals surface area (Å²) in [4.78, 5) is 22.7. The molecule has 0 aliphatic heterocycles. The van der Waals surface area contributed by atoms with Crippen LogP contribution in [0.25, 0.3) is 0 Å². The lowest BCUT2D eigenvalue weighted by molar-refractivity contribution is -0.387. The van der Waals surface area contributed by atoms with Gasteiger partial charge in [-0.15, -0.1) is 11.3 Å². The van der Waals surface area contributed by atoms with Crippen LogP contribution in [0.1, 0.15) is 17.3 Å². The summed E-state index contributed by atoms with van der Waals surface area (Å²) in [5.41, 5.74) is 6.11. The zero-order valence-electron chi connectivity index (χ0n) is 11.1. The first-order valence-electron chi connectivity index (χ1n) is 6.00. The molecule has 1 heterocycles. The first kappa shape index (κ1) is 15.3. The van der Waals surface area contributed by atoms with Crippen molar-refractivity contribution in [3.05, 3.63) is 46.0 Å². The number of thiophene rings is 1. The van der Waals surface area contributed by atoms with Gasteiger partial charge in [0, 0.05) is 6.07 Å². The zero-order chi connectivity index (χ0) is 15.4. The molecule has 8 heteroatoms. The fourth-order valence-electron chi connectivity index (χ4n) is 1.60. The summed E-state index contributed by atoms with van der Waals surface area (Å²) in [6, 6.07) is 8.02. The minimum absolute atomic E-state index is 0.0205. The standard InChI is InChI=1S/C13H12N2O4S2/c1-2-19-13(16)8-7-11(21-12(8)14)20-10-6-4-3-5-9(10)15(17)18/h3-7H,2,14H2,1H3. The maximum absolute atomic E-state index is 11.7. The van der Waals surface area contributed by atoms with Crippen LogP contribution < -0.4 is 5.73 Å². The Morgan fingerprint density at radius 3 is 2.86 bits per heavy atom. The van der Waals surface area contributed by atoms with Crippen molar-refractivity contribution in [2.45, 2.75) is 16.0 Å². The van der Waals surface area contributed by atoms with E-state index < -0.39 is 10.9 Å². The Kier molecular flexibility index (Phi) is 4.81. The normalized spacial score (nSPS) is 10.3. The van der Waals surface area contributed by atoms with E-state index in [4.69, 9.17) is 10.5 Å². The Bertz CT molecular complexity index is 685. The third-order valence-electron chi connectivity index (χ3n) is 2.51. The van der Waals surface area contributed by atoms with E-state index >= 15 is 0 Å². The monoisotopic (exact) mass is 324 g/mol. The second kappa shape index (κ2) is 6.59. The number of nitro benzene ring substituents is 1. The Balaban J connectivity index is 2.27. The molecule has 0 atom stereocenters. The first-order chi connectivity index (χ1) is 10.0. The van der Waals surface area contributed by atoms with E-state index in [9.17, 15) is 14.9 Å². The fourth-order valence-corrected chi connectivity index (χ4v) is 3.74. The van der Waals surface area contributed by atoms with E-state index in [0.717, 1.165) is 0 Å². The van der Waals surface area contributed by atoms with Gasteiger partial charge in [-0.3, -0.25) is 10.1 Å². The third kappa shape index (κ3) is 3.53. The highest BCUT2D eigenvalue weighted by Gasteiger charge is 2.19. The van der Waals surface area contributed by atoms with Gasteiger partial charge in [0.25, 0.3) is 5.69 Å². The van der Waals surface area contributed by atoms with Crippen molar-refractivity contribution >= 4 is 39.8 Å². The third-order valence-corrected chi connectivity index (χ3v) is 4.65. The maximum Gasteiger partial charge on any atom is 0.341 e. The molecule has 6 nitrogen and oxygen atoms in total. The molecule has 0 saturated heterocycles. The lowest BCUT2D eigenvalue weighted by atomic mass is 10.3. The number of nitrogen functional groups attached to an aromatic ring is 1. The highest BCUT2D eigenvalue weighted by molar-refractivity contribution is 8.01. The van der Waals surface area contributed by atoms with E-state index in [1.807, 2.05) is 0 Å². The number of nitrogens with zero attached hydrogens (tertiary/aromatic N) is 1. The summed E-state index contributed by atoms with van der Waals surface area (Å²) in [5, 5.41) is 11.3. The van der Waals surface area contributed by atoms with Gasteiger partial charge in [0.2, 0.25) is 0 Å². The van der Waals surface area contributed by atoms with Crippen LogP contribution in [0.4, 0.5) is 10.7 Å². The summed E-state index contributed by atoms with van der Waals surface area (Å²) >= 11 is 2.40. The lowest BCUT2D eigenvalue weighted by Crippen LogP contribution is -2.05. The Hall–Kier alpha value is -2.06. The first-order valence-corrected chi connectivity index (χ1v) is 7.64. The van der Waals surface area contributed by atoms with Crippen molar-refractivity contribution in [1.82, 2.24) is 0 Å². The van der Waals surface area contributed by atoms with Crippen molar-refractivity contribution in [2.24, 2.45) is 0 Å². The van der Waals surface area contributed by atoms with Gasteiger partial charge >= 0.3 is 5.97 Å². The van der Waals surface area contributed by atoms with Gasteiger partial charge in [-0.1, -0.05) is 23.9 Å². The number of ether oxygens (including phenoxy) is 1. The number of nitro groups is 1. The van der Waals surface area contributed by atoms with Crippen LogP contribution in [0.2, 0.25) is 0 Å². The van der Waals surface area contributed by atoms with E-state index in [1.54, 1.807) is 31.2 Å². The van der Waals surface area contributed by atoms with Gasteiger partial charge in [0.15, 0.2) is 0 Å². The molecule has 110 valence electrons. The van der Waals surface area contributed by atoms with E-state index in [1.165, 1.54) is 29.2 Å². The van der Waals surface area contributed by atoms with Crippen molar-refractivity contribution in [3.8, 4) is 0 Å². The number of anilines is 1. The number of nitrogens with two attached hydrogens (primary N) is 1. The molecule has 1 aromatic carbocycles. The summed E-state index contributed by atoms with van der Waals surface area (Å²) in [6.45, 7) is 1.98. The van der Waals surface area contributed by atoms with Gasteiger partial charge in [0.1, 0.15) is 5.00 Å². The summed E-state index contributed by atoms with van der Waals surface area (Å²) < 4.78 is 5.60. The fraction of sp³-hybridized carbons (Fsp3) is 0.154. The molecule has 0 fully saturated rings. The highest BCUT2D eigenvalue weighted by Crippen LogP contribution is 2.40. The van der Waals surface area contributed by atoms with Crippen molar-refractivity contribution < 1.29 is 14.5 Å². The molecule has 0 unspecified atom stereocenters. The molecule has 1 aromatic heterocycles. The average molecular weight is 324 g/mol. The van der Waals surface area contributed by atoms with E-state index in [2.05, 4.69) is 0 Å². The Labute approximate surface area is 129 Å². The number of hydrogen-bond acceptors (Lipinski definition) is 7. The molecule has 0 saturated carbocycles. The maximum atomic E-state index is 11.7. The van der Waals surface area contributed by atoms with E-state index in [-0.39, 0.29) is 12.3 Å². The van der Waals surface area contributed by atoms with E-state index in [0.29, 0.717) is 19.7 Å². The SMILES string of the molecule is CCOC(=O)c1cc(Sc2ccccc2[N+](=O)[O-])sc1N. The summed E-state index contributed by atoms with van der Waals surface area (Å²) in [7, 11) is 0. The van der Waals surface area contributed by atoms with Crippen LogP contribution in [0.15, 0.2) is 39.4 Å². The van der Waals surface area contributed by atoms with Crippen molar-refractivity contribution in [3.63, 3.8) is 0 Å². The predicted molar refractivity (Wildman–Crippen MR) is 81.9 cm³/mol. The molecular weight excluding hydrogens is 312 g/mol. The second-order valence-electron chi connectivity index (χ2n) is 3.89. The van der Waals surface area contributed by atoms with Crippen LogP contribution in [-0.4, -0.2) is 17.5 Å². The molecule has 2 rings (SSSR count). The number of hydrogen-bond donors (Lipinski definition) is 1. The molecule has 0 bridgehead atoms. The largest absolute Gasteiger partial charge is 0.462 e. The van der Waals surface area contributed by atoms with Gasteiger partial charge in [-0.2, -0.15) is 0 Å². The molecule has 21 heavy (non-hydrogen) atoms. The zero-order valence-corrected chi connectivity index (χ0v) is 12.7. The molecule has 0 spiro atoms. The van der Waals surface area contributed by atoms with Gasteiger partial charge in [-0.05, 0) is 19.1 Å². The highest BCUT2D eigenvalue weighted by atomic mass is 32.2. The van der Waals surface area contributed by atoms with Crippen LogP contribution in [0.3, 0.4) is 0 Å². The molecule has 0 aliphatic carbocycles. The number of benzene rings is 1. The molecule has 0 amide bonds. The number of rotatable bonds is 5.